The summed E-state index contributed by atoms with van der Waals surface area (Å²) >= 11 is 0. The third kappa shape index (κ3) is 4.13. The molecular formula is C26H23N5O3. The molecule has 0 bridgehead atoms. The van der Waals surface area contributed by atoms with Crippen molar-refractivity contribution in [3.8, 4) is 11.5 Å². The average molecular weight is 454 g/mol. The molecule has 3 aromatic heterocycles. The fourth-order valence-corrected chi connectivity index (χ4v) is 3.79. The van der Waals surface area contributed by atoms with Crippen LogP contribution in [0.2, 0.25) is 0 Å². The van der Waals surface area contributed by atoms with Gasteiger partial charge in [0.05, 0.1) is 35.3 Å². The minimum Gasteiger partial charge on any atom is -0.493 e. The molecule has 0 spiro atoms. The summed E-state index contributed by atoms with van der Waals surface area (Å²) in [6.07, 6.45) is 1.56. The van der Waals surface area contributed by atoms with E-state index in [4.69, 9.17) is 9.47 Å². The van der Waals surface area contributed by atoms with Crippen LogP contribution >= 0.6 is 0 Å². The van der Waals surface area contributed by atoms with Crippen LogP contribution in [0.4, 0.5) is 5.69 Å². The van der Waals surface area contributed by atoms with Gasteiger partial charge >= 0.3 is 0 Å². The van der Waals surface area contributed by atoms with E-state index in [2.05, 4.69) is 20.4 Å². The van der Waals surface area contributed by atoms with Crippen molar-refractivity contribution in [1.29, 1.82) is 0 Å². The Kier molecular flexibility index (Phi) is 5.55. The molecule has 0 saturated carbocycles. The number of rotatable bonds is 6. The fourth-order valence-electron chi connectivity index (χ4n) is 3.79. The molecule has 34 heavy (non-hydrogen) atoms. The number of nitrogens with zero attached hydrogens (tertiary/aromatic N) is 4. The molecule has 0 aliphatic rings. The van der Waals surface area contributed by atoms with Crippen LogP contribution in [0.3, 0.4) is 0 Å². The first-order valence-electron chi connectivity index (χ1n) is 10.8. The molecule has 0 saturated heterocycles. The number of amides is 1. The van der Waals surface area contributed by atoms with Gasteiger partial charge in [0.1, 0.15) is 6.61 Å². The van der Waals surface area contributed by atoms with E-state index in [9.17, 15) is 4.79 Å². The van der Waals surface area contributed by atoms with Crippen LogP contribution < -0.4 is 14.8 Å². The van der Waals surface area contributed by atoms with Crippen LogP contribution in [0.15, 0.2) is 66.9 Å². The molecule has 0 aliphatic heterocycles. The number of benzene rings is 2. The van der Waals surface area contributed by atoms with Crippen LogP contribution in [0.5, 0.6) is 11.5 Å². The van der Waals surface area contributed by atoms with Crippen molar-refractivity contribution in [2.24, 2.45) is 0 Å². The Hall–Kier alpha value is -4.46. The molecule has 170 valence electrons. The van der Waals surface area contributed by atoms with Crippen LogP contribution in [0, 0.1) is 13.8 Å². The predicted octanol–water partition coefficient (Wildman–Crippen LogP) is 4.73. The Morgan fingerprint density at radius 2 is 1.88 bits per heavy atom. The molecule has 0 fully saturated rings. The van der Waals surface area contributed by atoms with Gasteiger partial charge in [0.15, 0.2) is 17.1 Å². The summed E-state index contributed by atoms with van der Waals surface area (Å²) in [5.74, 6) is 0.778. The zero-order valence-electron chi connectivity index (χ0n) is 19.1. The Bertz CT molecular complexity index is 1530. The monoisotopic (exact) mass is 453 g/mol. The number of nitrogens with one attached hydrogen (secondary N) is 1. The first-order chi connectivity index (χ1) is 16.5. The smallest absolute Gasteiger partial charge is 0.259 e. The number of anilines is 1. The lowest BCUT2D eigenvalue weighted by atomic mass is 10.2. The first-order valence-corrected chi connectivity index (χ1v) is 10.8. The summed E-state index contributed by atoms with van der Waals surface area (Å²) in [6, 6.07) is 19.0. The van der Waals surface area contributed by atoms with Crippen molar-refractivity contribution in [3.05, 3.63) is 89.5 Å². The number of carbonyl (C=O) groups is 1. The zero-order chi connectivity index (χ0) is 23.7. The van der Waals surface area contributed by atoms with Gasteiger partial charge in [-0.05, 0) is 38.1 Å². The number of aromatic nitrogens is 4. The molecule has 2 aromatic carbocycles. The number of fused-ring (bicyclic) bond motifs is 2. The summed E-state index contributed by atoms with van der Waals surface area (Å²) < 4.78 is 13.1. The van der Waals surface area contributed by atoms with Crippen molar-refractivity contribution < 1.29 is 14.3 Å². The molecule has 1 amide bonds. The van der Waals surface area contributed by atoms with Crippen LogP contribution in [-0.4, -0.2) is 32.6 Å². The van der Waals surface area contributed by atoms with E-state index in [1.54, 1.807) is 36.0 Å². The summed E-state index contributed by atoms with van der Waals surface area (Å²) in [7, 11) is 1.57. The lowest BCUT2D eigenvalue weighted by Crippen LogP contribution is -2.16. The van der Waals surface area contributed by atoms with Gasteiger partial charge < -0.3 is 14.8 Å². The van der Waals surface area contributed by atoms with Crippen LogP contribution in [0.1, 0.15) is 27.4 Å². The second-order valence-electron chi connectivity index (χ2n) is 7.92. The van der Waals surface area contributed by atoms with Gasteiger partial charge in [-0.2, -0.15) is 5.10 Å². The van der Waals surface area contributed by atoms with Crippen molar-refractivity contribution in [2.75, 3.05) is 12.4 Å². The normalized spacial score (nSPS) is 11.0. The van der Waals surface area contributed by atoms with Gasteiger partial charge in [0, 0.05) is 29.4 Å². The minimum absolute atomic E-state index is 0.261. The van der Waals surface area contributed by atoms with E-state index in [1.165, 1.54) is 0 Å². The Morgan fingerprint density at radius 1 is 1.03 bits per heavy atom. The number of pyridine rings is 1. The van der Waals surface area contributed by atoms with Crippen LogP contribution in [-0.2, 0) is 6.61 Å². The quantitative estimate of drug-likeness (QED) is 0.400. The number of hydrogen-bond acceptors (Lipinski definition) is 6. The highest BCUT2D eigenvalue weighted by Crippen LogP contribution is 2.31. The summed E-state index contributed by atoms with van der Waals surface area (Å²) in [5.41, 5.74) is 4.96. The van der Waals surface area contributed by atoms with E-state index < -0.39 is 0 Å². The van der Waals surface area contributed by atoms with Crippen molar-refractivity contribution in [3.63, 3.8) is 0 Å². The number of aryl methyl sites for hydroxylation is 2. The summed E-state index contributed by atoms with van der Waals surface area (Å²) in [6.45, 7) is 3.99. The molecule has 5 rings (SSSR count). The molecule has 0 radical (unpaired) electrons. The highest BCUT2D eigenvalue weighted by atomic mass is 16.5. The van der Waals surface area contributed by atoms with Crippen molar-refractivity contribution in [1.82, 2.24) is 19.6 Å². The maximum atomic E-state index is 13.0. The minimum atomic E-state index is -0.285. The predicted molar refractivity (Wildman–Crippen MR) is 129 cm³/mol. The number of carbonyl (C=O) groups excluding carboxylic acids is 1. The van der Waals surface area contributed by atoms with E-state index in [-0.39, 0.29) is 12.5 Å². The second kappa shape index (κ2) is 8.82. The van der Waals surface area contributed by atoms with Crippen molar-refractivity contribution >= 4 is 28.1 Å². The summed E-state index contributed by atoms with van der Waals surface area (Å²) in [4.78, 5) is 22.0. The van der Waals surface area contributed by atoms with E-state index in [1.807, 2.05) is 56.3 Å². The van der Waals surface area contributed by atoms with Crippen LogP contribution in [0.25, 0.3) is 16.6 Å². The van der Waals surface area contributed by atoms with E-state index in [0.29, 0.717) is 34.1 Å². The van der Waals surface area contributed by atoms with Gasteiger partial charge in [0.25, 0.3) is 5.91 Å². The highest BCUT2D eigenvalue weighted by molar-refractivity contribution is 6.05. The lowest BCUT2D eigenvalue weighted by Gasteiger charge is -2.14. The zero-order valence-corrected chi connectivity index (χ0v) is 19.1. The van der Waals surface area contributed by atoms with Gasteiger partial charge in [-0.25, -0.2) is 14.5 Å². The Labute approximate surface area is 196 Å². The summed E-state index contributed by atoms with van der Waals surface area (Å²) in [5, 5.41) is 8.39. The lowest BCUT2D eigenvalue weighted by molar-refractivity contribution is 0.102. The largest absolute Gasteiger partial charge is 0.493 e. The molecule has 8 heteroatoms. The standard InChI is InChI=1S/C26H23N5O3/c1-16-12-25-27-14-21(17(2)31(25)30-16)26(32)29-19-10-11-23(33-3)24(13-19)34-15-20-9-8-18-6-4-5-7-22(18)28-20/h4-14H,15H2,1-3H3,(H,29,32). The van der Waals surface area contributed by atoms with Gasteiger partial charge in [-0.15, -0.1) is 0 Å². The molecule has 1 N–H and O–H groups in total. The average Bonchev–Trinajstić information content (AvgIpc) is 3.24. The molecule has 8 nitrogen and oxygen atoms in total. The van der Waals surface area contributed by atoms with Gasteiger partial charge in [-0.3, -0.25) is 4.79 Å². The topological polar surface area (TPSA) is 90.6 Å². The van der Waals surface area contributed by atoms with E-state index >= 15 is 0 Å². The number of ether oxygens (including phenoxy) is 2. The second-order valence-corrected chi connectivity index (χ2v) is 7.92. The number of para-hydroxylation sites is 1. The van der Waals surface area contributed by atoms with Gasteiger partial charge in [0.2, 0.25) is 0 Å². The fraction of sp³-hybridized carbons (Fsp3) is 0.154. The molecular weight excluding hydrogens is 430 g/mol. The highest BCUT2D eigenvalue weighted by Gasteiger charge is 2.15. The Balaban J connectivity index is 1.36. The number of methoxy groups -OCH3 is 1. The van der Waals surface area contributed by atoms with Crippen molar-refractivity contribution in [2.45, 2.75) is 20.5 Å². The molecule has 0 unspecified atom stereocenters. The van der Waals surface area contributed by atoms with Gasteiger partial charge in [-0.1, -0.05) is 24.3 Å². The molecule has 0 atom stereocenters. The molecule has 3 heterocycles. The molecule has 0 aliphatic carbocycles. The maximum Gasteiger partial charge on any atom is 0.259 e. The Morgan fingerprint density at radius 3 is 2.74 bits per heavy atom. The first kappa shape index (κ1) is 21.4. The third-order valence-electron chi connectivity index (χ3n) is 5.54. The molecule has 5 aromatic rings. The SMILES string of the molecule is COc1ccc(NC(=O)c2cnc3cc(C)nn3c2C)cc1OCc1ccc2ccccc2n1. The van der Waals surface area contributed by atoms with E-state index in [0.717, 1.165) is 22.3 Å². The number of hydrogen-bond donors (Lipinski definition) is 1. The third-order valence-corrected chi connectivity index (χ3v) is 5.54. The maximum absolute atomic E-state index is 13.0.